The van der Waals surface area contributed by atoms with Crippen LogP contribution < -0.4 is 10.1 Å². The molecule has 186 valence electrons. The number of ether oxygens (including phenoxy) is 1. The molecular formula is C24H23ClF4N4O2. The number of nitrogens with one attached hydrogen (secondary N) is 1. The van der Waals surface area contributed by atoms with E-state index in [0.29, 0.717) is 23.0 Å². The number of halogens is 5. The lowest BCUT2D eigenvalue weighted by Gasteiger charge is -2.29. The number of amides is 1. The summed E-state index contributed by atoms with van der Waals surface area (Å²) in [5.41, 5.74) is -1.27. The normalized spacial score (nSPS) is 13.7. The quantitative estimate of drug-likeness (QED) is 0.402. The summed E-state index contributed by atoms with van der Waals surface area (Å²) in [6, 6.07) is 9.13. The molecule has 0 spiro atoms. The summed E-state index contributed by atoms with van der Waals surface area (Å²) in [7, 11) is 0. The number of carbonyl (C=O) groups is 1. The molecule has 2 unspecified atom stereocenters. The molecule has 35 heavy (non-hydrogen) atoms. The van der Waals surface area contributed by atoms with Gasteiger partial charge in [0, 0.05) is 29.7 Å². The van der Waals surface area contributed by atoms with Crippen LogP contribution in [0.1, 0.15) is 49.4 Å². The van der Waals surface area contributed by atoms with Crippen molar-refractivity contribution in [3.05, 3.63) is 82.8 Å². The van der Waals surface area contributed by atoms with Gasteiger partial charge in [-0.25, -0.2) is 14.4 Å². The van der Waals surface area contributed by atoms with Crippen LogP contribution in [0.3, 0.4) is 0 Å². The zero-order valence-electron chi connectivity index (χ0n) is 19.1. The smallest absolute Gasteiger partial charge is 0.433 e. The van der Waals surface area contributed by atoms with E-state index in [1.807, 2.05) is 19.1 Å². The maximum atomic E-state index is 13.9. The Morgan fingerprint density at radius 2 is 1.77 bits per heavy atom. The van der Waals surface area contributed by atoms with Gasteiger partial charge in [-0.3, -0.25) is 9.78 Å². The van der Waals surface area contributed by atoms with E-state index in [-0.39, 0.29) is 18.4 Å². The van der Waals surface area contributed by atoms with E-state index < -0.39 is 35.1 Å². The largest absolute Gasteiger partial charge is 0.461 e. The fraction of sp³-hybridized carbons (Fsp3) is 0.333. The fourth-order valence-electron chi connectivity index (χ4n) is 3.49. The predicted octanol–water partition coefficient (Wildman–Crippen LogP) is 5.54. The molecule has 3 aromatic rings. The molecule has 0 bridgehead atoms. The number of rotatable bonds is 8. The van der Waals surface area contributed by atoms with Crippen LogP contribution in [0.2, 0.25) is 5.02 Å². The molecule has 1 aromatic carbocycles. The van der Waals surface area contributed by atoms with E-state index in [4.69, 9.17) is 16.3 Å². The van der Waals surface area contributed by atoms with Gasteiger partial charge in [0.1, 0.15) is 12.1 Å². The van der Waals surface area contributed by atoms with E-state index in [2.05, 4.69) is 20.3 Å². The first-order chi connectivity index (χ1) is 16.4. The number of aromatic nitrogens is 3. The molecule has 6 nitrogen and oxygen atoms in total. The van der Waals surface area contributed by atoms with Gasteiger partial charge in [0.15, 0.2) is 11.3 Å². The molecular weight excluding hydrogens is 488 g/mol. The van der Waals surface area contributed by atoms with Gasteiger partial charge in [-0.05, 0) is 49.1 Å². The molecule has 0 radical (unpaired) electrons. The Morgan fingerprint density at radius 3 is 2.40 bits per heavy atom. The van der Waals surface area contributed by atoms with Crippen LogP contribution in [0, 0.1) is 5.82 Å². The van der Waals surface area contributed by atoms with Gasteiger partial charge < -0.3 is 10.1 Å². The molecule has 2 heterocycles. The molecule has 11 heteroatoms. The zero-order chi connectivity index (χ0) is 25.8. The Labute approximate surface area is 204 Å². The van der Waals surface area contributed by atoms with Crippen molar-refractivity contribution in [1.29, 1.82) is 0 Å². The van der Waals surface area contributed by atoms with Crippen molar-refractivity contribution >= 4 is 17.5 Å². The summed E-state index contributed by atoms with van der Waals surface area (Å²) in [6.07, 6.45) is -1.36. The highest BCUT2D eigenvalue weighted by Crippen LogP contribution is 2.33. The third-order valence-electron chi connectivity index (χ3n) is 5.48. The third-order valence-corrected chi connectivity index (χ3v) is 5.73. The summed E-state index contributed by atoms with van der Waals surface area (Å²) in [4.78, 5) is 23.7. The second-order valence-corrected chi connectivity index (χ2v) is 8.88. The SMILES string of the molecule is CC(c1ccc(Cl)cc1)C(CNC(=O)C(C)(C)Oc1cc(C(F)(F)F)ncn1)c1cncc(F)c1. The average Bonchev–Trinajstić information content (AvgIpc) is 2.79. The summed E-state index contributed by atoms with van der Waals surface area (Å²) < 4.78 is 58.2. The van der Waals surface area contributed by atoms with Gasteiger partial charge in [0.2, 0.25) is 5.88 Å². The first-order valence-electron chi connectivity index (χ1n) is 10.6. The molecule has 3 rings (SSSR count). The van der Waals surface area contributed by atoms with Gasteiger partial charge in [0.05, 0.1) is 6.20 Å². The minimum Gasteiger partial charge on any atom is -0.461 e. The molecule has 1 amide bonds. The lowest BCUT2D eigenvalue weighted by molar-refractivity contribution is -0.141. The van der Waals surface area contributed by atoms with Crippen molar-refractivity contribution in [3.8, 4) is 5.88 Å². The maximum Gasteiger partial charge on any atom is 0.433 e. The molecule has 2 atom stereocenters. The molecule has 0 aliphatic rings. The summed E-state index contributed by atoms with van der Waals surface area (Å²) in [6.45, 7) is 4.81. The highest BCUT2D eigenvalue weighted by atomic mass is 35.5. The maximum absolute atomic E-state index is 13.9. The van der Waals surface area contributed by atoms with E-state index >= 15 is 0 Å². The molecule has 1 N–H and O–H groups in total. The standard InChI is InChI=1S/C24H23ClF4N4O2/c1-14(15-4-6-17(25)7-5-15)19(16-8-18(26)11-30-10-16)12-31-22(34)23(2,3)35-21-9-20(24(27,28)29)32-13-33-21/h4-11,13-14,19H,12H2,1-3H3,(H,31,34). The van der Waals surface area contributed by atoms with Crippen LogP contribution in [0.4, 0.5) is 17.6 Å². The molecule has 0 fully saturated rings. The Hall–Kier alpha value is -3.27. The van der Waals surface area contributed by atoms with Crippen molar-refractivity contribution in [2.45, 2.75) is 44.4 Å². The van der Waals surface area contributed by atoms with Gasteiger partial charge in [-0.2, -0.15) is 13.2 Å². The van der Waals surface area contributed by atoms with Crippen LogP contribution in [0.25, 0.3) is 0 Å². The Bertz CT molecular complexity index is 1170. The van der Waals surface area contributed by atoms with Crippen molar-refractivity contribution in [2.24, 2.45) is 0 Å². The third kappa shape index (κ3) is 6.88. The minimum absolute atomic E-state index is 0.0815. The Balaban J connectivity index is 1.78. The molecule has 2 aromatic heterocycles. The van der Waals surface area contributed by atoms with Crippen LogP contribution in [-0.4, -0.2) is 33.0 Å². The minimum atomic E-state index is -4.68. The second-order valence-electron chi connectivity index (χ2n) is 8.44. The Morgan fingerprint density at radius 1 is 1.09 bits per heavy atom. The Kier molecular flexibility index (Phi) is 7.94. The highest BCUT2D eigenvalue weighted by Gasteiger charge is 2.35. The van der Waals surface area contributed by atoms with Crippen LogP contribution in [0.5, 0.6) is 5.88 Å². The lowest BCUT2D eigenvalue weighted by Crippen LogP contribution is -2.48. The van der Waals surface area contributed by atoms with Gasteiger partial charge in [-0.1, -0.05) is 30.7 Å². The number of hydrogen-bond acceptors (Lipinski definition) is 5. The number of alkyl halides is 3. The van der Waals surface area contributed by atoms with Crippen molar-refractivity contribution < 1.29 is 27.1 Å². The average molecular weight is 511 g/mol. The van der Waals surface area contributed by atoms with E-state index in [1.54, 1.807) is 12.1 Å². The van der Waals surface area contributed by atoms with Crippen molar-refractivity contribution in [1.82, 2.24) is 20.3 Å². The summed E-state index contributed by atoms with van der Waals surface area (Å²) >= 11 is 5.99. The lowest BCUT2D eigenvalue weighted by atomic mass is 9.83. The van der Waals surface area contributed by atoms with E-state index in [0.717, 1.165) is 11.8 Å². The monoisotopic (exact) mass is 510 g/mol. The first-order valence-corrected chi connectivity index (χ1v) is 11.0. The van der Waals surface area contributed by atoms with E-state index in [9.17, 15) is 22.4 Å². The number of benzene rings is 1. The van der Waals surface area contributed by atoms with Crippen LogP contribution >= 0.6 is 11.6 Å². The van der Waals surface area contributed by atoms with Crippen molar-refractivity contribution in [3.63, 3.8) is 0 Å². The molecule has 0 saturated carbocycles. The summed E-state index contributed by atoms with van der Waals surface area (Å²) in [5.74, 6) is -2.06. The molecule has 0 aliphatic heterocycles. The number of carbonyl (C=O) groups excluding carboxylic acids is 1. The summed E-state index contributed by atoms with van der Waals surface area (Å²) in [5, 5.41) is 3.33. The van der Waals surface area contributed by atoms with Crippen LogP contribution in [0.15, 0.2) is 55.1 Å². The highest BCUT2D eigenvalue weighted by molar-refractivity contribution is 6.30. The van der Waals surface area contributed by atoms with Crippen LogP contribution in [-0.2, 0) is 11.0 Å². The predicted molar refractivity (Wildman–Crippen MR) is 122 cm³/mol. The number of nitrogens with zero attached hydrogens (tertiary/aromatic N) is 3. The topological polar surface area (TPSA) is 77.0 Å². The number of hydrogen-bond donors (Lipinski definition) is 1. The fourth-order valence-corrected chi connectivity index (χ4v) is 3.61. The first kappa shape index (κ1) is 26.3. The molecule has 0 saturated heterocycles. The second kappa shape index (κ2) is 10.6. The van der Waals surface area contributed by atoms with Gasteiger partial charge in [-0.15, -0.1) is 0 Å². The van der Waals surface area contributed by atoms with Gasteiger partial charge in [0.25, 0.3) is 5.91 Å². The zero-order valence-corrected chi connectivity index (χ0v) is 19.9. The number of pyridine rings is 1. The van der Waals surface area contributed by atoms with E-state index in [1.165, 1.54) is 26.1 Å². The molecule has 0 aliphatic carbocycles. The van der Waals surface area contributed by atoms with Gasteiger partial charge >= 0.3 is 6.18 Å². The van der Waals surface area contributed by atoms with Crippen molar-refractivity contribution in [2.75, 3.05) is 6.54 Å².